The fourth-order valence-electron chi connectivity index (χ4n) is 2.92. The van der Waals surface area contributed by atoms with E-state index in [0.717, 1.165) is 36.6 Å². The van der Waals surface area contributed by atoms with Gasteiger partial charge in [0.2, 0.25) is 0 Å². The van der Waals surface area contributed by atoms with Crippen molar-refractivity contribution in [3.05, 3.63) is 40.3 Å². The number of benzene rings is 1. The maximum absolute atomic E-state index is 12.3. The molecule has 1 aliphatic rings. The number of nitrogens with zero attached hydrogens (tertiary/aromatic N) is 2. The normalized spacial score (nSPS) is 14.4. The lowest BCUT2D eigenvalue weighted by Gasteiger charge is -2.18. The van der Waals surface area contributed by atoms with E-state index >= 15 is 0 Å². The average Bonchev–Trinajstić information content (AvgIpc) is 3.21. The van der Waals surface area contributed by atoms with Crippen LogP contribution in [0.5, 0.6) is 0 Å². The molecular weight excluding hydrogens is 308 g/mol. The van der Waals surface area contributed by atoms with Gasteiger partial charge in [-0.15, -0.1) is 11.3 Å². The van der Waals surface area contributed by atoms with Gasteiger partial charge in [0.05, 0.1) is 6.04 Å². The number of thiazole rings is 1. The second kappa shape index (κ2) is 7.00. The third-order valence-corrected chi connectivity index (χ3v) is 5.07. The second-order valence-electron chi connectivity index (χ2n) is 5.60. The van der Waals surface area contributed by atoms with Crippen molar-refractivity contribution in [1.29, 1.82) is 0 Å². The molecule has 1 atom stereocenters. The van der Waals surface area contributed by atoms with Crippen molar-refractivity contribution in [3.63, 3.8) is 0 Å². The minimum absolute atomic E-state index is 0.0448. The van der Waals surface area contributed by atoms with Gasteiger partial charge in [-0.2, -0.15) is 0 Å². The van der Waals surface area contributed by atoms with E-state index in [4.69, 9.17) is 0 Å². The Balaban J connectivity index is 1.66. The highest BCUT2D eigenvalue weighted by Gasteiger charge is 2.19. The standard InChI is InChI=1S/C17H22N4OS/c1-3-14(16-18-8-10-23-16)20-17(22)19-13-6-5-12-7-9-21(4-2)15(12)11-13/h5-6,8,10-11,14H,3-4,7,9H2,1-2H3,(H2,19,20,22). The zero-order valence-corrected chi connectivity index (χ0v) is 14.3. The lowest BCUT2D eigenvalue weighted by molar-refractivity contribution is 0.248. The Kier molecular flexibility index (Phi) is 4.81. The quantitative estimate of drug-likeness (QED) is 0.877. The number of amides is 2. The molecule has 5 nitrogen and oxygen atoms in total. The predicted molar refractivity (Wildman–Crippen MR) is 95.3 cm³/mol. The van der Waals surface area contributed by atoms with E-state index in [2.05, 4.69) is 39.6 Å². The summed E-state index contributed by atoms with van der Waals surface area (Å²) in [6, 6.07) is 5.92. The van der Waals surface area contributed by atoms with Crippen LogP contribution in [0.25, 0.3) is 0 Å². The number of hydrogen-bond acceptors (Lipinski definition) is 4. The molecular formula is C17H22N4OS. The maximum Gasteiger partial charge on any atom is 0.319 e. The number of carbonyl (C=O) groups is 1. The van der Waals surface area contributed by atoms with Gasteiger partial charge in [0.25, 0.3) is 0 Å². The second-order valence-corrected chi connectivity index (χ2v) is 6.53. The molecule has 1 aromatic heterocycles. The topological polar surface area (TPSA) is 57.3 Å². The Morgan fingerprint density at radius 1 is 1.43 bits per heavy atom. The van der Waals surface area contributed by atoms with Gasteiger partial charge in [-0.25, -0.2) is 9.78 Å². The fraction of sp³-hybridized carbons (Fsp3) is 0.412. The summed E-state index contributed by atoms with van der Waals surface area (Å²) in [5, 5.41) is 8.80. The summed E-state index contributed by atoms with van der Waals surface area (Å²) in [7, 11) is 0. The molecule has 0 bridgehead atoms. The first-order valence-corrected chi connectivity index (χ1v) is 8.94. The molecule has 0 spiro atoms. The van der Waals surface area contributed by atoms with Crippen LogP contribution in [0.15, 0.2) is 29.8 Å². The lowest BCUT2D eigenvalue weighted by atomic mass is 10.1. The molecule has 2 amide bonds. The highest BCUT2D eigenvalue weighted by atomic mass is 32.1. The minimum Gasteiger partial charge on any atom is -0.371 e. The number of fused-ring (bicyclic) bond motifs is 1. The largest absolute Gasteiger partial charge is 0.371 e. The number of anilines is 2. The highest BCUT2D eigenvalue weighted by Crippen LogP contribution is 2.30. The number of carbonyl (C=O) groups excluding carboxylic acids is 1. The number of hydrogen-bond donors (Lipinski definition) is 2. The summed E-state index contributed by atoms with van der Waals surface area (Å²) in [4.78, 5) is 18.9. The molecule has 6 heteroatoms. The van der Waals surface area contributed by atoms with Crippen LogP contribution >= 0.6 is 11.3 Å². The molecule has 0 aliphatic carbocycles. The Morgan fingerprint density at radius 2 is 2.30 bits per heavy atom. The number of urea groups is 1. The molecule has 3 rings (SSSR count). The summed E-state index contributed by atoms with van der Waals surface area (Å²) in [5.74, 6) is 0. The number of rotatable bonds is 5. The van der Waals surface area contributed by atoms with Gasteiger partial charge < -0.3 is 15.5 Å². The molecule has 23 heavy (non-hydrogen) atoms. The number of likely N-dealkylation sites (N-methyl/N-ethyl adjacent to an activating group) is 1. The van der Waals surface area contributed by atoms with Crippen molar-refractivity contribution in [2.45, 2.75) is 32.7 Å². The molecule has 0 saturated carbocycles. The first-order valence-electron chi connectivity index (χ1n) is 8.06. The zero-order valence-electron chi connectivity index (χ0n) is 13.5. The summed E-state index contributed by atoms with van der Waals surface area (Å²) in [6.45, 7) is 6.25. The van der Waals surface area contributed by atoms with Crippen molar-refractivity contribution in [1.82, 2.24) is 10.3 Å². The van der Waals surface area contributed by atoms with E-state index < -0.39 is 0 Å². The van der Waals surface area contributed by atoms with Crippen LogP contribution in [0, 0.1) is 0 Å². The molecule has 2 heterocycles. The van der Waals surface area contributed by atoms with E-state index in [1.54, 1.807) is 17.5 Å². The third kappa shape index (κ3) is 3.47. The minimum atomic E-state index is -0.187. The van der Waals surface area contributed by atoms with E-state index in [1.165, 1.54) is 11.3 Å². The van der Waals surface area contributed by atoms with Crippen molar-refractivity contribution in [2.75, 3.05) is 23.3 Å². The van der Waals surface area contributed by atoms with Crippen molar-refractivity contribution in [3.8, 4) is 0 Å². The fourth-order valence-corrected chi connectivity index (χ4v) is 3.69. The van der Waals surface area contributed by atoms with E-state index in [0.29, 0.717) is 0 Å². The van der Waals surface area contributed by atoms with Gasteiger partial charge in [-0.05, 0) is 37.5 Å². The first-order chi connectivity index (χ1) is 11.2. The molecule has 0 fully saturated rings. The zero-order chi connectivity index (χ0) is 16.2. The Bertz CT molecular complexity index is 671. The summed E-state index contributed by atoms with van der Waals surface area (Å²) in [6.07, 6.45) is 3.66. The lowest BCUT2D eigenvalue weighted by Crippen LogP contribution is -2.32. The highest BCUT2D eigenvalue weighted by molar-refractivity contribution is 7.09. The van der Waals surface area contributed by atoms with Gasteiger partial charge >= 0.3 is 6.03 Å². The monoisotopic (exact) mass is 330 g/mol. The molecule has 122 valence electrons. The molecule has 1 aliphatic heterocycles. The molecule has 0 saturated heterocycles. The van der Waals surface area contributed by atoms with Crippen LogP contribution in [0.3, 0.4) is 0 Å². The van der Waals surface area contributed by atoms with Crippen LogP contribution in [0.1, 0.15) is 36.9 Å². The van der Waals surface area contributed by atoms with Gasteiger partial charge in [0.1, 0.15) is 5.01 Å². The van der Waals surface area contributed by atoms with Crippen molar-refractivity contribution >= 4 is 28.7 Å². The molecule has 0 radical (unpaired) electrons. The van der Waals surface area contributed by atoms with Crippen molar-refractivity contribution in [2.24, 2.45) is 0 Å². The van der Waals surface area contributed by atoms with Crippen LogP contribution in [-0.4, -0.2) is 24.1 Å². The van der Waals surface area contributed by atoms with Crippen molar-refractivity contribution < 1.29 is 4.79 Å². The molecule has 1 aromatic carbocycles. The van der Waals surface area contributed by atoms with Gasteiger partial charge in [0, 0.05) is 36.0 Å². The Labute approximate surface area is 140 Å². The maximum atomic E-state index is 12.3. The molecule has 2 aromatic rings. The van der Waals surface area contributed by atoms with Gasteiger partial charge in [-0.3, -0.25) is 0 Å². The van der Waals surface area contributed by atoms with Crippen LogP contribution in [-0.2, 0) is 6.42 Å². The van der Waals surface area contributed by atoms with Crippen LogP contribution < -0.4 is 15.5 Å². The molecule has 2 N–H and O–H groups in total. The molecule has 1 unspecified atom stereocenters. The number of nitrogens with one attached hydrogen (secondary N) is 2. The first kappa shape index (κ1) is 15.8. The Morgan fingerprint density at radius 3 is 3.00 bits per heavy atom. The predicted octanol–water partition coefficient (Wildman–Crippen LogP) is 3.80. The van der Waals surface area contributed by atoms with Crippen LogP contribution in [0.2, 0.25) is 0 Å². The van der Waals surface area contributed by atoms with Gasteiger partial charge in [-0.1, -0.05) is 13.0 Å². The summed E-state index contributed by atoms with van der Waals surface area (Å²) < 4.78 is 0. The van der Waals surface area contributed by atoms with Crippen LogP contribution in [0.4, 0.5) is 16.2 Å². The Hall–Kier alpha value is -2.08. The smallest absolute Gasteiger partial charge is 0.319 e. The summed E-state index contributed by atoms with van der Waals surface area (Å²) in [5.41, 5.74) is 3.42. The van der Waals surface area contributed by atoms with Gasteiger partial charge in [0.15, 0.2) is 0 Å². The SMILES string of the molecule is CCC(NC(=O)Nc1ccc2c(c1)N(CC)CC2)c1nccs1. The average molecular weight is 330 g/mol. The van der Waals surface area contributed by atoms with E-state index in [-0.39, 0.29) is 12.1 Å². The number of aromatic nitrogens is 1. The van der Waals surface area contributed by atoms with E-state index in [9.17, 15) is 4.79 Å². The summed E-state index contributed by atoms with van der Waals surface area (Å²) >= 11 is 1.56. The third-order valence-electron chi connectivity index (χ3n) is 4.18. The van der Waals surface area contributed by atoms with E-state index in [1.807, 2.05) is 18.4 Å².